The molecular weight excluding hydrogens is 334 g/mol. The lowest BCUT2D eigenvalue weighted by Crippen LogP contribution is -2.26. The van der Waals surface area contributed by atoms with Crippen molar-refractivity contribution in [1.29, 1.82) is 0 Å². The summed E-state index contributed by atoms with van der Waals surface area (Å²) in [5.41, 5.74) is 0.478. The van der Waals surface area contributed by atoms with Gasteiger partial charge in [0.05, 0.1) is 5.25 Å². The van der Waals surface area contributed by atoms with E-state index in [1.165, 1.54) is 16.4 Å². The van der Waals surface area contributed by atoms with Crippen LogP contribution in [0.4, 0.5) is 5.69 Å². The predicted molar refractivity (Wildman–Crippen MR) is 94.3 cm³/mol. The number of nitrogens with two attached hydrogens (primary N) is 1. The Morgan fingerprint density at radius 1 is 1.30 bits per heavy atom. The molecule has 0 fully saturated rings. The van der Waals surface area contributed by atoms with Gasteiger partial charge in [-0.25, -0.2) is 4.68 Å². The smallest absolute Gasteiger partial charge is 0.237 e. The second kappa shape index (κ2) is 6.80. The lowest BCUT2D eigenvalue weighted by Gasteiger charge is -2.17. The van der Waals surface area contributed by atoms with Crippen molar-refractivity contribution < 1.29 is 4.79 Å². The molecular formula is C15H20ClN5OS. The number of nitrogen functional groups attached to an aromatic ring is 1. The third kappa shape index (κ3) is 4.39. The molecule has 1 aromatic heterocycles. The monoisotopic (exact) mass is 353 g/mol. The molecule has 1 amide bonds. The summed E-state index contributed by atoms with van der Waals surface area (Å²) in [4.78, 5) is 12.3. The van der Waals surface area contributed by atoms with Crippen LogP contribution in [0.3, 0.4) is 0 Å². The molecule has 0 radical (unpaired) electrons. The van der Waals surface area contributed by atoms with Crippen LogP contribution in [0.5, 0.6) is 0 Å². The number of anilines is 1. The Morgan fingerprint density at radius 2 is 1.91 bits per heavy atom. The Morgan fingerprint density at radius 3 is 2.43 bits per heavy atom. The van der Waals surface area contributed by atoms with E-state index >= 15 is 0 Å². The normalized spacial score (nSPS) is 12.9. The van der Waals surface area contributed by atoms with Gasteiger partial charge in [-0.3, -0.25) is 4.79 Å². The van der Waals surface area contributed by atoms with Gasteiger partial charge in [0.2, 0.25) is 11.1 Å². The van der Waals surface area contributed by atoms with Crippen LogP contribution in [-0.4, -0.2) is 26.0 Å². The molecule has 0 unspecified atom stereocenters. The zero-order chi connectivity index (χ0) is 17.2. The van der Waals surface area contributed by atoms with E-state index in [1.807, 2.05) is 20.8 Å². The number of thioether (sulfide) groups is 1. The molecule has 2 rings (SSSR count). The highest BCUT2D eigenvalue weighted by Gasteiger charge is 2.25. The molecule has 1 heterocycles. The minimum atomic E-state index is -0.370. The third-order valence-electron chi connectivity index (χ3n) is 3.10. The van der Waals surface area contributed by atoms with E-state index in [1.54, 1.807) is 31.2 Å². The van der Waals surface area contributed by atoms with Crippen LogP contribution >= 0.6 is 23.4 Å². The highest BCUT2D eigenvalue weighted by molar-refractivity contribution is 8.00. The summed E-state index contributed by atoms with van der Waals surface area (Å²) in [6, 6.07) is 6.95. The van der Waals surface area contributed by atoms with Gasteiger partial charge in [-0.15, -0.1) is 10.2 Å². The Bertz CT molecular complexity index is 693. The van der Waals surface area contributed by atoms with Crippen LogP contribution in [0.15, 0.2) is 29.4 Å². The standard InChI is InChI=1S/C15H20ClN5OS/c1-9(12(22)18-11-7-5-10(16)6-8-11)23-14-20-19-13(21(14)17)15(2,3)4/h5-9H,17H2,1-4H3,(H,18,22)/t9-/m1/s1. The van der Waals surface area contributed by atoms with Gasteiger partial charge in [0.1, 0.15) is 0 Å². The fourth-order valence-electron chi connectivity index (χ4n) is 1.86. The maximum atomic E-state index is 12.3. The first kappa shape index (κ1) is 17.6. The summed E-state index contributed by atoms with van der Waals surface area (Å²) in [5.74, 6) is 6.56. The fourth-order valence-corrected chi connectivity index (χ4v) is 2.75. The molecule has 0 saturated heterocycles. The van der Waals surface area contributed by atoms with Crippen molar-refractivity contribution in [2.75, 3.05) is 11.2 Å². The van der Waals surface area contributed by atoms with Gasteiger partial charge in [0.15, 0.2) is 5.82 Å². The van der Waals surface area contributed by atoms with Crippen molar-refractivity contribution in [3.63, 3.8) is 0 Å². The Labute approximate surface area is 144 Å². The summed E-state index contributed by atoms with van der Waals surface area (Å²) in [7, 11) is 0. The average Bonchev–Trinajstić information content (AvgIpc) is 2.82. The number of benzene rings is 1. The first-order valence-electron chi connectivity index (χ1n) is 7.12. The van der Waals surface area contributed by atoms with Crippen LogP contribution in [0.25, 0.3) is 0 Å². The number of nitrogens with one attached hydrogen (secondary N) is 1. The largest absolute Gasteiger partial charge is 0.336 e. The zero-order valence-electron chi connectivity index (χ0n) is 13.5. The molecule has 0 bridgehead atoms. The second-order valence-corrected chi connectivity index (χ2v) is 7.93. The van der Waals surface area contributed by atoms with Crippen LogP contribution in [0.1, 0.15) is 33.5 Å². The van der Waals surface area contributed by atoms with Gasteiger partial charge in [0.25, 0.3) is 0 Å². The molecule has 23 heavy (non-hydrogen) atoms. The van der Waals surface area contributed by atoms with Crippen molar-refractivity contribution in [2.45, 2.75) is 43.5 Å². The van der Waals surface area contributed by atoms with E-state index in [9.17, 15) is 4.79 Å². The number of carbonyl (C=O) groups excluding carboxylic acids is 1. The quantitative estimate of drug-likeness (QED) is 0.651. The number of hydrogen-bond acceptors (Lipinski definition) is 5. The number of nitrogens with zero attached hydrogens (tertiary/aromatic N) is 3. The Hall–Kier alpha value is -1.73. The van der Waals surface area contributed by atoms with Crippen LogP contribution in [0, 0.1) is 0 Å². The summed E-state index contributed by atoms with van der Waals surface area (Å²) in [6.45, 7) is 7.81. The maximum absolute atomic E-state index is 12.3. The summed E-state index contributed by atoms with van der Waals surface area (Å²) in [6.07, 6.45) is 0. The summed E-state index contributed by atoms with van der Waals surface area (Å²) < 4.78 is 1.44. The molecule has 0 spiro atoms. The van der Waals surface area contributed by atoms with Gasteiger partial charge < -0.3 is 11.2 Å². The van der Waals surface area contributed by atoms with Gasteiger partial charge in [0, 0.05) is 16.1 Å². The Kier molecular flexibility index (Phi) is 5.21. The molecule has 124 valence electrons. The van der Waals surface area contributed by atoms with Gasteiger partial charge >= 0.3 is 0 Å². The van der Waals surface area contributed by atoms with Crippen LogP contribution in [-0.2, 0) is 10.2 Å². The number of carbonyl (C=O) groups is 1. The molecule has 6 nitrogen and oxygen atoms in total. The number of hydrogen-bond donors (Lipinski definition) is 2. The molecule has 3 N–H and O–H groups in total. The molecule has 0 aliphatic carbocycles. The number of amides is 1. The lowest BCUT2D eigenvalue weighted by molar-refractivity contribution is -0.115. The second-order valence-electron chi connectivity index (χ2n) is 6.18. The zero-order valence-corrected chi connectivity index (χ0v) is 15.1. The molecule has 0 aliphatic rings. The van der Waals surface area contributed by atoms with Crippen LogP contribution < -0.4 is 11.2 Å². The minimum Gasteiger partial charge on any atom is -0.336 e. The SMILES string of the molecule is C[C@@H](Sc1nnc(C(C)(C)C)n1N)C(=O)Nc1ccc(Cl)cc1. The van der Waals surface area contributed by atoms with Crippen molar-refractivity contribution in [1.82, 2.24) is 14.9 Å². The maximum Gasteiger partial charge on any atom is 0.237 e. The minimum absolute atomic E-state index is 0.141. The van der Waals surface area contributed by atoms with Crippen LogP contribution in [0.2, 0.25) is 5.02 Å². The van der Waals surface area contributed by atoms with Gasteiger partial charge in [-0.2, -0.15) is 0 Å². The number of aromatic nitrogens is 3. The molecule has 1 aromatic carbocycles. The van der Waals surface area contributed by atoms with E-state index in [2.05, 4.69) is 15.5 Å². The van der Waals surface area contributed by atoms with E-state index in [4.69, 9.17) is 17.4 Å². The predicted octanol–water partition coefficient (Wildman–Crippen LogP) is 3.06. The molecule has 1 atom stereocenters. The lowest BCUT2D eigenvalue weighted by atomic mass is 9.96. The average molecular weight is 354 g/mol. The highest BCUT2D eigenvalue weighted by Crippen LogP contribution is 2.26. The molecule has 0 aliphatic heterocycles. The molecule has 0 saturated carbocycles. The topological polar surface area (TPSA) is 85.8 Å². The number of halogens is 1. The van der Waals surface area contributed by atoms with Crippen molar-refractivity contribution >= 4 is 35.0 Å². The third-order valence-corrected chi connectivity index (χ3v) is 4.41. The van der Waals surface area contributed by atoms with E-state index in [-0.39, 0.29) is 16.6 Å². The molecule has 8 heteroatoms. The number of rotatable bonds is 4. The highest BCUT2D eigenvalue weighted by atomic mass is 35.5. The van der Waals surface area contributed by atoms with E-state index in [0.29, 0.717) is 21.7 Å². The van der Waals surface area contributed by atoms with Crippen molar-refractivity contribution in [3.05, 3.63) is 35.1 Å². The fraction of sp³-hybridized carbons (Fsp3) is 0.400. The molecule has 2 aromatic rings. The first-order valence-corrected chi connectivity index (χ1v) is 8.38. The van der Waals surface area contributed by atoms with Gasteiger partial charge in [-0.1, -0.05) is 44.1 Å². The van der Waals surface area contributed by atoms with E-state index < -0.39 is 0 Å². The Balaban J connectivity index is 2.04. The van der Waals surface area contributed by atoms with Crippen molar-refractivity contribution in [3.8, 4) is 0 Å². The summed E-state index contributed by atoms with van der Waals surface area (Å²) >= 11 is 7.09. The van der Waals surface area contributed by atoms with Crippen molar-refractivity contribution in [2.24, 2.45) is 0 Å². The van der Waals surface area contributed by atoms with Gasteiger partial charge in [-0.05, 0) is 31.2 Å². The summed E-state index contributed by atoms with van der Waals surface area (Å²) in [5, 5.41) is 11.8. The first-order chi connectivity index (χ1) is 10.7. The van der Waals surface area contributed by atoms with E-state index in [0.717, 1.165) is 0 Å².